The zero-order valence-corrected chi connectivity index (χ0v) is 55.5. The van der Waals surface area contributed by atoms with Crippen molar-refractivity contribution >= 4 is 119 Å². The van der Waals surface area contributed by atoms with Crippen molar-refractivity contribution in [3.05, 3.63) is 104 Å². The summed E-state index contributed by atoms with van der Waals surface area (Å²) in [5, 5.41) is 25.9. The number of aliphatic carboxylic acids is 1. The van der Waals surface area contributed by atoms with E-state index in [1.54, 1.807) is 10.0 Å². The van der Waals surface area contributed by atoms with Crippen LogP contribution >= 0.6 is 30.8 Å². The number of benzene rings is 2. The lowest BCUT2D eigenvalue weighted by molar-refractivity contribution is -0.193. The summed E-state index contributed by atoms with van der Waals surface area (Å²) in [7, 11) is -10.9. The van der Waals surface area contributed by atoms with Crippen LogP contribution in [0.4, 0.5) is 53.5 Å². The third-order valence-corrected chi connectivity index (χ3v) is 14.0. The number of carbonyl (C=O) groups is 5. The van der Waals surface area contributed by atoms with Crippen LogP contribution in [-0.2, 0) is 50.3 Å². The summed E-state index contributed by atoms with van der Waals surface area (Å²) < 4.78 is 181. The Hall–Kier alpha value is -8.89. The predicted octanol–water partition coefficient (Wildman–Crippen LogP) is 3.06. The van der Waals surface area contributed by atoms with Crippen molar-refractivity contribution in [2.75, 3.05) is 81.5 Å². The highest BCUT2D eigenvalue weighted by molar-refractivity contribution is 7.94. The number of rotatable bonds is 22. The largest absolute Gasteiger partial charge is 0.778 e. The quantitative estimate of drug-likeness (QED) is 0.0268. The molecule has 5 amide bonds. The predicted molar refractivity (Wildman–Crippen MR) is 323 cm³/mol. The summed E-state index contributed by atoms with van der Waals surface area (Å²) in [5.74, 6) is -6.52. The number of aromatic nitrogens is 8. The van der Waals surface area contributed by atoms with Gasteiger partial charge in [-0.2, -0.15) is 59.4 Å². The summed E-state index contributed by atoms with van der Waals surface area (Å²) in [4.78, 5) is 106. The van der Waals surface area contributed by atoms with Gasteiger partial charge >= 0.3 is 49.5 Å². The fourth-order valence-corrected chi connectivity index (χ4v) is 9.73. The van der Waals surface area contributed by atoms with E-state index in [2.05, 4.69) is 68.3 Å². The topological polar surface area (TPSA) is 505 Å². The van der Waals surface area contributed by atoms with Gasteiger partial charge in [0.1, 0.15) is 18.3 Å². The van der Waals surface area contributed by atoms with E-state index in [1.165, 1.54) is 87.5 Å². The molecule has 4 heterocycles. The number of nitrogens with zero attached hydrogens (tertiary/aromatic N) is 9. The third kappa shape index (κ3) is 28.7. The molecule has 95 heavy (non-hydrogen) atoms. The molecular formula is C46H54Cl2F6N15O21PS4. The molecule has 9 N–H and O–H groups in total. The molecule has 0 saturated heterocycles. The van der Waals surface area contributed by atoms with Crippen molar-refractivity contribution in [1.29, 1.82) is 0 Å². The SMILES string of the molecule is COc1cc(OC)nc(NC(=O)NS(=O)(=O)c2ncccc2C(=O)N(C)C)n1.C[S+](C)C.Cc1nn(-c2cc(NS(C)(=O)=O)c(Cl)cc2Cl)c(=O)n1C(F)F.O=C(Nc1nc(OC(F)F)cc(OC(F)F)n1)NS(=O)(=O)c1ccccc1C(=O)O.O=C(O)CNCP(=O)([O-])O. The third-order valence-electron chi connectivity index (χ3n) is 9.49. The van der Waals surface area contributed by atoms with Crippen LogP contribution in [0.1, 0.15) is 33.1 Å². The van der Waals surface area contributed by atoms with E-state index in [1.807, 2.05) is 5.32 Å². The lowest BCUT2D eigenvalue weighted by Crippen LogP contribution is -2.36. The minimum atomic E-state index is -4.71. The van der Waals surface area contributed by atoms with Crippen molar-refractivity contribution in [2.45, 2.75) is 36.6 Å². The Morgan fingerprint density at radius 1 is 0.747 bits per heavy atom. The molecule has 6 aromatic rings. The van der Waals surface area contributed by atoms with E-state index in [0.29, 0.717) is 21.6 Å². The van der Waals surface area contributed by atoms with E-state index < -0.39 is 139 Å². The summed E-state index contributed by atoms with van der Waals surface area (Å²) in [5.41, 5.74) is -2.10. The molecule has 0 spiro atoms. The van der Waals surface area contributed by atoms with Gasteiger partial charge in [0.25, 0.3) is 26.0 Å². The first-order valence-electron chi connectivity index (χ1n) is 24.6. The highest BCUT2D eigenvalue weighted by Crippen LogP contribution is 2.32. The smallest absolute Gasteiger partial charge is 0.388 e. The normalized spacial score (nSPS) is 11.7. The van der Waals surface area contributed by atoms with Gasteiger partial charge in [0.05, 0.1) is 96.8 Å². The van der Waals surface area contributed by atoms with E-state index >= 15 is 0 Å². The summed E-state index contributed by atoms with van der Waals surface area (Å²) >= 11 is 11.8. The maximum Gasteiger partial charge on any atom is 0.388 e. The van der Waals surface area contributed by atoms with Crippen molar-refractivity contribution < 1.29 is 119 Å². The first-order chi connectivity index (χ1) is 43.8. The van der Waals surface area contributed by atoms with Crippen LogP contribution in [0.25, 0.3) is 5.69 Å². The molecule has 0 radical (unpaired) electrons. The van der Waals surface area contributed by atoms with E-state index in [4.69, 9.17) is 47.8 Å². The second-order valence-electron chi connectivity index (χ2n) is 17.8. The Morgan fingerprint density at radius 2 is 1.22 bits per heavy atom. The molecule has 0 aliphatic carbocycles. The van der Waals surface area contributed by atoms with Gasteiger partial charge in [-0.15, -0.1) is 5.10 Å². The lowest BCUT2D eigenvalue weighted by Gasteiger charge is -2.14. The minimum Gasteiger partial charge on any atom is -0.778 e. The number of alkyl halides is 6. The molecule has 0 fully saturated rings. The Morgan fingerprint density at radius 3 is 1.65 bits per heavy atom. The molecule has 0 bridgehead atoms. The first kappa shape index (κ1) is 82.2. The van der Waals surface area contributed by atoms with Crippen LogP contribution in [0.15, 0.2) is 81.6 Å². The number of ether oxygens (including phenoxy) is 4. The molecule has 36 nitrogen and oxygen atoms in total. The van der Waals surface area contributed by atoms with Crippen molar-refractivity contribution in [1.82, 2.24) is 58.9 Å². The van der Waals surface area contributed by atoms with Gasteiger partial charge in [0.15, 0.2) is 5.03 Å². The van der Waals surface area contributed by atoms with Gasteiger partial charge in [-0.1, -0.05) is 35.3 Å². The van der Waals surface area contributed by atoms with E-state index in [9.17, 15) is 89.8 Å². The Labute approximate surface area is 546 Å². The molecule has 1 unspecified atom stereocenters. The number of anilines is 3. The average molecular weight is 1500 g/mol. The zero-order chi connectivity index (χ0) is 72.7. The van der Waals surface area contributed by atoms with Crippen LogP contribution in [0.3, 0.4) is 0 Å². The van der Waals surface area contributed by atoms with Crippen LogP contribution in [-0.4, -0.2) is 194 Å². The number of pyridine rings is 1. The lowest BCUT2D eigenvalue weighted by atomic mass is 10.2. The summed E-state index contributed by atoms with van der Waals surface area (Å²) in [6.07, 6.45) is 7.97. The standard InChI is InChI=1S/C15H18N6O6S.C14H10F4N4O7S.C11H10Cl2F2N4O3S.C3H8NO5P.C3H9S/c1-21(2)13(22)9-6-5-7-16-12(9)28(24,25)20-15(23)19-14-17-10(26-3)8-11(18-14)27-4;15-11(16)28-8-5-9(29-12(17)18)20-13(19-8)21-14(25)22-30(26,27)7-4-2-1-3-6(7)10(23)24;1-5-16-19(11(20)18(5)10(14)15)9-4-8(17-23(2,21)22)6(12)3-7(9)13;5-3(6)1-4-2-10(7,8)9;1-4(2)3/h5-8H,1-4H3,(H2,17,18,19,20,23);1-5,11-12H,(H,23,24)(H2,19,20,21,22,25);3-4,10,17H,1-2H3;4H,1-2H2,(H,5,6)(H2,7,8,9);1-3H3/q;;;;+1/p-1. The second kappa shape index (κ2) is 36.7. The Bertz CT molecular complexity index is 4110. The summed E-state index contributed by atoms with van der Waals surface area (Å²) in [6, 6.07) is 8.44. The number of carboxylic acid groups (broad SMARTS) is 2. The fraction of sp³-hybridized carbons (Fsp3) is 0.304. The molecule has 4 aromatic heterocycles. The number of sulfonamides is 3. The molecule has 0 saturated carbocycles. The van der Waals surface area contributed by atoms with Crippen LogP contribution in [0.5, 0.6) is 23.5 Å². The molecule has 1 atom stereocenters. The molecule has 0 aliphatic heterocycles. The van der Waals surface area contributed by atoms with Gasteiger partial charge in [0.2, 0.25) is 45.4 Å². The molecule has 6 rings (SSSR count). The van der Waals surface area contributed by atoms with Gasteiger partial charge in [-0.05, 0) is 54.2 Å². The number of aryl methyl sites for hydroxylation is 1. The molecule has 49 heteroatoms. The highest BCUT2D eigenvalue weighted by atomic mass is 35.5. The van der Waals surface area contributed by atoms with Crippen molar-refractivity contribution in [3.63, 3.8) is 0 Å². The number of carbonyl (C=O) groups excluding carboxylic acids is 3. The highest BCUT2D eigenvalue weighted by Gasteiger charge is 2.29. The number of carboxylic acids is 2. The maximum absolute atomic E-state index is 12.8. The minimum absolute atomic E-state index is 0.0257. The number of halogens is 8. The van der Waals surface area contributed by atoms with Crippen LogP contribution < -0.4 is 59.6 Å². The zero-order valence-electron chi connectivity index (χ0n) is 49.8. The number of hydrogen-bond donors (Lipinski definition) is 9. The monoisotopic (exact) mass is 1500 g/mol. The molecule has 2 aromatic carbocycles. The van der Waals surface area contributed by atoms with E-state index in [-0.39, 0.29) is 55.1 Å². The summed E-state index contributed by atoms with van der Waals surface area (Å²) in [6.45, 7) is -9.14. The second-order valence-corrected chi connectivity index (χ2v) is 27.6. The average Bonchev–Trinajstić information content (AvgIpc) is 1.74. The number of amides is 5. The van der Waals surface area contributed by atoms with E-state index in [0.717, 1.165) is 24.5 Å². The number of methoxy groups -OCH3 is 2. The van der Waals surface area contributed by atoms with Gasteiger partial charge in [-0.25, -0.2) is 55.0 Å². The number of hydrogen-bond acceptors (Lipinski definition) is 25. The van der Waals surface area contributed by atoms with Crippen molar-refractivity contribution in [2.24, 2.45) is 0 Å². The number of aromatic carboxylic acids is 1. The Balaban J connectivity index is 0.000000442. The van der Waals surface area contributed by atoms with Crippen LogP contribution in [0.2, 0.25) is 10.0 Å². The number of nitrogens with one attached hydrogen (secondary N) is 6. The van der Waals surface area contributed by atoms with Crippen LogP contribution in [0, 0.1) is 6.92 Å². The fourth-order valence-electron chi connectivity index (χ4n) is 6.06. The van der Waals surface area contributed by atoms with Gasteiger partial charge in [0, 0.05) is 20.3 Å². The molecule has 0 aliphatic rings. The maximum atomic E-state index is 12.8. The Kier molecular flexibility index (Phi) is 31.7. The number of urea groups is 2. The molecule has 524 valence electrons. The first-order valence-corrected chi connectivity index (χ1v) is 34.4. The van der Waals surface area contributed by atoms with Gasteiger partial charge < -0.3 is 48.4 Å². The van der Waals surface area contributed by atoms with Gasteiger partial charge in [-0.3, -0.25) is 30.3 Å². The molecular weight excluding hydrogens is 1440 g/mol. The van der Waals surface area contributed by atoms with Crippen molar-refractivity contribution in [3.8, 4) is 29.2 Å².